The van der Waals surface area contributed by atoms with Gasteiger partial charge >= 0.3 is 0 Å². The summed E-state index contributed by atoms with van der Waals surface area (Å²) in [5.41, 5.74) is 3.28. The van der Waals surface area contributed by atoms with Crippen LogP contribution in [0.15, 0.2) is 70.0 Å². The Morgan fingerprint density at radius 1 is 0.941 bits per heavy atom. The zero-order valence-corrected chi connectivity index (χ0v) is 21.6. The highest BCUT2D eigenvalue weighted by Gasteiger charge is 2.16. The van der Waals surface area contributed by atoms with Gasteiger partial charge in [0.1, 0.15) is 11.5 Å². The normalized spacial score (nSPS) is 11.1. The number of amides is 1. The highest BCUT2D eigenvalue weighted by atomic mass is 79.9. The summed E-state index contributed by atoms with van der Waals surface area (Å²) in [7, 11) is -2.28. The number of hydrogen-bond acceptors (Lipinski definition) is 5. The maximum absolute atomic E-state index is 12.7. The number of benzene rings is 3. The second-order valence-corrected chi connectivity index (χ2v) is 10.0. The lowest BCUT2D eigenvalue weighted by atomic mass is 10.0. The van der Waals surface area contributed by atoms with Crippen molar-refractivity contribution >= 4 is 43.2 Å². The van der Waals surface area contributed by atoms with E-state index in [1.165, 1.54) is 31.4 Å². The Morgan fingerprint density at radius 3 is 2.18 bits per heavy atom. The van der Waals surface area contributed by atoms with Crippen molar-refractivity contribution in [3.05, 3.63) is 76.3 Å². The SMILES string of the molecule is CCc1cc(Br)cc(CC)c1NC(=O)COc1ccc(S(=O)(=O)Nc2cccc(OC)c2)cc1. The van der Waals surface area contributed by atoms with Crippen LogP contribution in [0.2, 0.25) is 0 Å². The molecule has 3 aromatic carbocycles. The highest BCUT2D eigenvalue weighted by Crippen LogP contribution is 2.28. The van der Waals surface area contributed by atoms with Gasteiger partial charge in [-0.2, -0.15) is 0 Å². The van der Waals surface area contributed by atoms with Crippen LogP contribution in [-0.4, -0.2) is 28.0 Å². The number of nitrogens with one attached hydrogen (secondary N) is 2. The summed E-state index contributed by atoms with van der Waals surface area (Å²) in [6.07, 6.45) is 1.56. The number of hydrogen-bond donors (Lipinski definition) is 2. The smallest absolute Gasteiger partial charge is 0.262 e. The Kier molecular flexibility index (Phi) is 8.57. The van der Waals surface area contributed by atoms with Gasteiger partial charge in [0.05, 0.1) is 17.7 Å². The molecule has 3 aromatic rings. The fourth-order valence-electron chi connectivity index (χ4n) is 3.38. The first kappa shape index (κ1) is 25.6. The molecule has 3 rings (SSSR count). The highest BCUT2D eigenvalue weighted by molar-refractivity contribution is 9.10. The number of anilines is 2. The predicted molar refractivity (Wildman–Crippen MR) is 137 cm³/mol. The van der Waals surface area contributed by atoms with E-state index in [1.54, 1.807) is 24.3 Å². The lowest BCUT2D eigenvalue weighted by molar-refractivity contribution is -0.118. The Balaban J connectivity index is 1.63. The average molecular weight is 547 g/mol. The molecule has 7 nitrogen and oxygen atoms in total. The van der Waals surface area contributed by atoms with E-state index in [4.69, 9.17) is 9.47 Å². The summed E-state index contributed by atoms with van der Waals surface area (Å²) < 4.78 is 39.5. The molecule has 0 aliphatic rings. The van der Waals surface area contributed by atoms with Gasteiger partial charge in [0, 0.05) is 16.2 Å². The Labute approximate surface area is 208 Å². The molecule has 0 saturated heterocycles. The molecule has 34 heavy (non-hydrogen) atoms. The molecule has 0 bridgehead atoms. The molecule has 0 radical (unpaired) electrons. The van der Waals surface area contributed by atoms with Crippen LogP contribution >= 0.6 is 15.9 Å². The van der Waals surface area contributed by atoms with Crippen LogP contribution in [0.5, 0.6) is 11.5 Å². The van der Waals surface area contributed by atoms with Crippen LogP contribution in [0.3, 0.4) is 0 Å². The number of carbonyl (C=O) groups excluding carboxylic acids is 1. The largest absolute Gasteiger partial charge is 0.497 e. The topological polar surface area (TPSA) is 93.7 Å². The van der Waals surface area contributed by atoms with Gasteiger partial charge in [0.25, 0.3) is 15.9 Å². The van der Waals surface area contributed by atoms with Crippen molar-refractivity contribution < 1.29 is 22.7 Å². The van der Waals surface area contributed by atoms with Crippen LogP contribution in [0.25, 0.3) is 0 Å². The minimum Gasteiger partial charge on any atom is -0.497 e. The first-order valence-corrected chi connectivity index (χ1v) is 13.0. The van der Waals surface area contributed by atoms with Gasteiger partial charge in [-0.1, -0.05) is 35.8 Å². The van der Waals surface area contributed by atoms with Crippen LogP contribution in [0.4, 0.5) is 11.4 Å². The van der Waals surface area contributed by atoms with Gasteiger partial charge < -0.3 is 14.8 Å². The molecule has 1 amide bonds. The van der Waals surface area contributed by atoms with E-state index >= 15 is 0 Å². The minimum absolute atomic E-state index is 0.0714. The van der Waals surface area contributed by atoms with Gasteiger partial charge in [0.2, 0.25) is 0 Å². The second-order valence-electron chi connectivity index (χ2n) is 7.45. The molecule has 0 unspecified atom stereocenters. The monoisotopic (exact) mass is 546 g/mol. The van der Waals surface area contributed by atoms with Gasteiger partial charge in [-0.3, -0.25) is 9.52 Å². The fourth-order valence-corrected chi connectivity index (χ4v) is 4.99. The van der Waals surface area contributed by atoms with Crippen molar-refractivity contribution in [1.29, 1.82) is 0 Å². The number of halogens is 1. The molecule has 0 spiro atoms. The maximum Gasteiger partial charge on any atom is 0.262 e. The molecule has 9 heteroatoms. The van der Waals surface area contributed by atoms with Gasteiger partial charge in [-0.25, -0.2) is 8.42 Å². The third-order valence-electron chi connectivity index (χ3n) is 5.12. The first-order valence-electron chi connectivity index (χ1n) is 10.8. The van der Waals surface area contributed by atoms with Gasteiger partial charge in [-0.05, 0) is 72.5 Å². The van der Waals surface area contributed by atoms with Crippen molar-refractivity contribution in [1.82, 2.24) is 0 Å². The molecule has 2 N–H and O–H groups in total. The molecule has 0 fully saturated rings. The van der Waals surface area contributed by atoms with Crippen LogP contribution in [0, 0.1) is 0 Å². The van der Waals surface area contributed by atoms with Crippen LogP contribution < -0.4 is 19.5 Å². The summed E-state index contributed by atoms with van der Waals surface area (Å²) in [5.74, 6) is 0.642. The summed E-state index contributed by atoms with van der Waals surface area (Å²) in [4.78, 5) is 12.6. The van der Waals surface area contributed by atoms with Crippen LogP contribution in [0.1, 0.15) is 25.0 Å². The lowest BCUT2D eigenvalue weighted by Crippen LogP contribution is -2.22. The van der Waals surface area contributed by atoms with E-state index in [0.717, 1.165) is 34.1 Å². The molecule has 0 atom stereocenters. The Bertz CT molecular complexity index is 1240. The van der Waals surface area contributed by atoms with E-state index in [-0.39, 0.29) is 17.4 Å². The van der Waals surface area contributed by atoms with Crippen molar-refractivity contribution in [3.8, 4) is 11.5 Å². The summed E-state index contributed by atoms with van der Waals surface area (Å²) >= 11 is 3.51. The molecule has 0 aliphatic carbocycles. The zero-order valence-electron chi connectivity index (χ0n) is 19.2. The summed E-state index contributed by atoms with van der Waals surface area (Å²) in [6, 6.07) is 16.5. The zero-order chi connectivity index (χ0) is 24.7. The van der Waals surface area contributed by atoms with Crippen LogP contribution in [-0.2, 0) is 27.7 Å². The van der Waals surface area contributed by atoms with Gasteiger partial charge in [0.15, 0.2) is 6.61 Å². The fraction of sp³-hybridized carbons (Fsp3) is 0.240. The van der Waals surface area contributed by atoms with Crippen molar-refractivity contribution in [2.45, 2.75) is 31.6 Å². The molecule has 0 aromatic heterocycles. The van der Waals surface area contributed by atoms with E-state index < -0.39 is 10.0 Å². The summed E-state index contributed by atoms with van der Waals surface area (Å²) in [6.45, 7) is 3.87. The summed E-state index contributed by atoms with van der Waals surface area (Å²) in [5, 5.41) is 2.95. The number of aryl methyl sites for hydroxylation is 2. The van der Waals surface area contributed by atoms with E-state index in [2.05, 4.69) is 26.0 Å². The molecular weight excluding hydrogens is 520 g/mol. The molecule has 0 heterocycles. The molecule has 180 valence electrons. The maximum atomic E-state index is 12.7. The number of methoxy groups -OCH3 is 1. The molecule has 0 saturated carbocycles. The van der Waals surface area contributed by atoms with E-state index in [9.17, 15) is 13.2 Å². The Hall–Kier alpha value is -3.04. The molecule has 0 aliphatic heterocycles. The lowest BCUT2D eigenvalue weighted by Gasteiger charge is -2.16. The third kappa shape index (κ3) is 6.51. The number of rotatable bonds is 10. The van der Waals surface area contributed by atoms with E-state index in [1.807, 2.05) is 26.0 Å². The quantitative estimate of drug-likeness (QED) is 0.355. The van der Waals surface area contributed by atoms with Crippen molar-refractivity contribution in [2.24, 2.45) is 0 Å². The molecular formula is C25H27BrN2O5S. The second kappa shape index (κ2) is 11.4. The first-order chi connectivity index (χ1) is 16.2. The third-order valence-corrected chi connectivity index (χ3v) is 6.97. The average Bonchev–Trinajstić information content (AvgIpc) is 2.83. The predicted octanol–water partition coefficient (Wildman–Crippen LogP) is 5.40. The number of carbonyl (C=O) groups is 1. The number of ether oxygens (including phenoxy) is 2. The standard InChI is InChI=1S/C25H27BrN2O5S/c1-4-17-13-19(26)14-18(5-2)25(17)27-24(29)16-33-21-9-11-23(12-10-21)34(30,31)28-20-7-6-8-22(15-20)32-3/h6-15,28H,4-5,16H2,1-3H3,(H,27,29). The van der Waals surface area contributed by atoms with Gasteiger partial charge in [-0.15, -0.1) is 0 Å². The minimum atomic E-state index is -3.79. The van der Waals surface area contributed by atoms with Crippen molar-refractivity contribution in [2.75, 3.05) is 23.8 Å². The number of sulfonamides is 1. The van der Waals surface area contributed by atoms with E-state index in [0.29, 0.717) is 17.2 Å². The Morgan fingerprint density at radius 2 is 1.59 bits per heavy atom. The van der Waals surface area contributed by atoms with Crippen molar-refractivity contribution in [3.63, 3.8) is 0 Å².